The van der Waals surface area contributed by atoms with Gasteiger partial charge in [0.25, 0.3) is 5.91 Å². The summed E-state index contributed by atoms with van der Waals surface area (Å²) in [5.74, 6) is 1.19. The molecule has 3 rings (SSSR count). The number of benzene rings is 1. The van der Waals surface area contributed by atoms with Crippen LogP contribution in [0.5, 0.6) is 5.75 Å². The smallest absolute Gasteiger partial charge is 0.274 e. The predicted molar refractivity (Wildman–Crippen MR) is 96.6 cm³/mol. The van der Waals surface area contributed by atoms with Crippen LogP contribution in [0.1, 0.15) is 25.3 Å². The Hall–Kier alpha value is -2.01. The molecule has 1 fully saturated rings. The largest absolute Gasteiger partial charge is 0.490 e. The topological polar surface area (TPSA) is 36.0 Å². The lowest BCUT2D eigenvalue weighted by Crippen LogP contribution is -2.48. The van der Waals surface area contributed by atoms with Crippen LogP contribution in [0.4, 0.5) is 5.69 Å². The van der Waals surface area contributed by atoms with Crippen LogP contribution >= 0.6 is 0 Å². The fourth-order valence-corrected chi connectivity index (χ4v) is 3.17. The molecule has 0 aliphatic carbocycles. The molecule has 0 radical (unpaired) electrons. The third-order valence-corrected chi connectivity index (χ3v) is 4.89. The molecule has 0 N–H and O–H groups in total. The van der Waals surface area contributed by atoms with Gasteiger partial charge in [0.05, 0.1) is 17.9 Å². The molecule has 1 aromatic rings. The van der Waals surface area contributed by atoms with Crippen molar-refractivity contribution < 1.29 is 9.53 Å². The highest BCUT2D eigenvalue weighted by Gasteiger charge is 2.29. The summed E-state index contributed by atoms with van der Waals surface area (Å²) in [4.78, 5) is 19.2. The number of piperazine rings is 1. The van der Waals surface area contributed by atoms with Gasteiger partial charge in [-0.2, -0.15) is 0 Å². The van der Waals surface area contributed by atoms with E-state index in [1.54, 1.807) is 0 Å². The highest BCUT2D eigenvalue weighted by atomic mass is 16.5. The number of carbonyl (C=O) groups excluding carboxylic acids is 1. The van der Waals surface area contributed by atoms with E-state index in [4.69, 9.17) is 4.74 Å². The van der Waals surface area contributed by atoms with E-state index in [0.29, 0.717) is 24.8 Å². The first kappa shape index (κ1) is 16.8. The zero-order valence-corrected chi connectivity index (χ0v) is 14.9. The first-order valence-electron chi connectivity index (χ1n) is 8.68. The molecule has 0 atom stereocenters. The lowest BCUT2D eigenvalue weighted by Gasteiger charge is -2.37. The molecule has 1 amide bonds. The molecule has 2 aliphatic heterocycles. The number of carbonyl (C=O) groups is 1. The maximum Gasteiger partial charge on any atom is 0.274 e. The summed E-state index contributed by atoms with van der Waals surface area (Å²) in [7, 11) is 2.10. The Morgan fingerprint density at radius 3 is 2.54 bits per heavy atom. The van der Waals surface area contributed by atoms with Crippen molar-refractivity contribution in [3.05, 3.63) is 36.0 Å². The second-order valence-corrected chi connectivity index (χ2v) is 6.92. The molecular formula is C19H27N3O2. The molecule has 5 heteroatoms. The van der Waals surface area contributed by atoms with Gasteiger partial charge in [-0.1, -0.05) is 26.5 Å². The van der Waals surface area contributed by atoms with E-state index in [1.165, 1.54) is 5.56 Å². The summed E-state index contributed by atoms with van der Waals surface area (Å²) in [5, 5.41) is 0. The summed E-state index contributed by atoms with van der Waals surface area (Å²) in [6.45, 7) is 13.1. The standard InChI is InChI=1S/C19H27N3O2/c1-14(2)16-5-6-18-17(13-16)22(11-12-24-18)19(23)15(3)21-9-7-20(4)8-10-21/h5-6,13-14H,3,7-12H2,1-2,4H3. The molecule has 24 heavy (non-hydrogen) atoms. The number of ether oxygens (including phenoxy) is 1. The number of hydrogen-bond acceptors (Lipinski definition) is 4. The van der Waals surface area contributed by atoms with E-state index >= 15 is 0 Å². The van der Waals surface area contributed by atoms with Crippen molar-refractivity contribution >= 4 is 11.6 Å². The zero-order valence-electron chi connectivity index (χ0n) is 14.9. The highest BCUT2D eigenvalue weighted by Crippen LogP contribution is 2.35. The van der Waals surface area contributed by atoms with Gasteiger partial charge in [0, 0.05) is 26.2 Å². The number of nitrogens with zero attached hydrogens (tertiary/aromatic N) is 3. The van der Waals surface area contributed by atoms with Gasteiger partial charge in [-0.25, -0.2) is 0 Å². The molecule has 0 unspecified atom stereocenters. The normalized spacial score (nSPS) is 18.3. The number of anilines is 1. The Labute approximate surface area is 144 Å². The van der Waals surface area contributed by atoms with E-state index in [2.05, 4.69) is 49.4 Å². The Kier molecular flexibility index (Phi) is 4.81. The summed E-state index contributed by atoms with van der Waals surface area (Å²) < 4.78 is 5.73. The summed E-state index contributed by atoms with van der Waals surface area (Å²) in [5.41, 5.74) is 2.67. The molecule has 1 saturated heterocycles. The number of hydrogen-bond donors (Lipinski definition) is 0. The predicted octanol–water partition coefficient (Wildman–Crippen LogP) is 2.30. The molecule has 2 heterocycles. The SMILES string of the molecule is C=C(C(=O)N1CCOc2ccc(C(C)C)cc21)N1CCN(C)CC1. The lowest BCUT2D eigenvalue weighted by atomic mass is 10.0. The summed E-state index contributed by atoms with van der Waals surface area (Å²) >= 11 is 0. The number of fused-ring (bicyclic) bond motifs is 1. The van der Waals surface area contributed by atoms with E-state index < -0.39 is 0 Å². The second kappa shape index (κ2) is 6.85. The Morgan fingerprint density at radius 1 is 1.17 bits per heavy atom. The van der Waals surface area contributed by atoms with E-state index in [0.717, 1.165) is 37.6 Å². The van der Waals surface area contributed by atoms with Crippen molar-refractivity contribution in [3.63, 3.8) is 0 Å². The van der Waals surface area contributed by atoms with Crippen molar-refractivity contribution in [2.45, 2.75) is 19.8 Å². The van der Waals surface area contributed by atoms with Gasteiger partial charge in [-0.15, -0.1) is 0 Å². The molecule has 5 nitrogen and oxygen atoms in total. The first-order valence-corrected chi connectivity index (χ1v) is 8.68. The highest BCUT2D eigenvalue weighted by molar-refractivity contribution is 6.06. The molecular weight excluding hydrogens is 302 g/mol. The quantitative estimate of drug-likeness (QED) is 0.797. The van der Waals surface area contributed by atoms with Crippen LogP contribution in [0, 0.1) is 0 Å². The molecule has 130 valence electrons. The van der Waals surface area contributed by atoms with Gasteiger partial charge < -0.3 is 19.4 Å². The summed E-state index contributed by atoms with van der Waals surface area (Å²) in [6, 6.07) is 6.13. The first-order chi connectivity index (χ1) is 11.5. The molecule has 0 bridgehead atoms. The minimum atomic E-state index is -0.00925. The van der Waals surface area contributed by atoms with Crippen molar-refractivity contribution in [2.24, 2.45) is 0 Å². The fraction of sp³-hybridized carbons (Fsp3) is 0.526. The maximum atomic E-state index is 13.0. The van der Waals surface area contributed by atoms with Gasteiger partial charge in [-0.3, -0.25) is 4.79 Å². The fourth-order valence-electron chi connectivity index (χ4n) is 3.17. The Bertz CT molecular complexity index is 633. The van der Waals surface area contributed by atoms with Gasteiger partial charge in [0.15, 0.2) is 0 Å². The minimum Gasteiger partial charge on any atom is -0.490 e. The molecule has 0 saturated carbocycles. The monoisotopic (exact) mass is 329 g/mol. The number of amides is 1. The van der Waals surface area contributed by atoms with E-state index in [9.17, 15) is 4.79 Å². The zero-order chi connectivity index (χ0) is 17.3. The molecule has 1 aromatic carbocycles. The minimum absolute atomic E-state index is 0.00925. The lowest BCUT2D eigenvalue weighted by molar-refractivity contribution is -0.117. The Morgan fingerprint density at radius 2 is 1.88 bits per heavy atom. The van der Waals surface area contributed by atoms with E-state index in [1.807, 2.05) is 11.0 Å². The van der Waals surface area contributed by atoms with Gasteiger partial charge >= 0.3 is 0 Å². The molecule has 2 aliphatic rings. The van der Waals surface area contributed by atoms with Crippen molar-refractivity contribution in [1.29, 1.82) is 0 Å². The van der Waals surface area contributed by atoms with Crippen molar-refractivity contribution in [1.82, 2.24) is 9.80 Å². The Balaban J connectivity index is 1.81. The van der Waals surface area contributed by atoms with Crippen molar-refractivity contribution in [2.75, 3.05) is 51.3 Å². The van der Waals surface area contributed by atoms with Crippen LogP contribution in [-0.4, -0.2) is 62.1 Å². The number of rotatable bonds is 3. The molecule has 0 aromatic heterocycles. The van der Waals surface area contributed by atoms with Crippen LogP contribution in [-0.2, 0) is 4.79 Å². The van der Waals surface area contributed by atoms with Crippen LogP contribution < -0.4 is 9.64 Å². The van der Waals surface area contributed by atoms with Gasteiger partial charge in [0.1, 0.15) is 12.4 Å². The average Bonchev–Trinajstić information content (AvgIpc) is 2.60. The van der Waals surface area contributed by atoms with Gasteiger partial charge in [-0.05, 0) is 30.7 Å². The van der Waals surface area contributed by atoms with Crippen LogP contribution in [0.3, 0.4) is 0 Å². The number of likely N-dealkylation sites (N-methyl/N-ethyl adjacent to an activating group) is 1. The molecule has 0 spiro atoms. The van der Waals surface area contributed by atoms with Crippen LogP contribution in [0.15, 0.2) is 30.5 Å². The van der Waals surface area contributed by atoms with E-state index in [-0.39, 0.29) is 5.91 Å². The van der Waals surface area contributed by atoms with Crippen LogP contribution in [0.25, 0.3) is 0 Å². The van der Waals surface area contributed by atoms with Gasteiger partial charge in [0.2, 0.25) is 0 Å². The third-order valence-electron chi connectivity index (χ3n) is 4.89. The summed E-state index contributed by atoms with van der Waals surface area (Å²) in [6.07, 6.45) is 0. The second-order valence-electron chi connectivity index (χ2n) is 6.92. The maximum absolute atomic E-state index is 13.0. The third kappa shape index (κ3) is 3.26. The average molecular weight is 329 g/mol. The van der Waals surface area contributed by atoms with Crippen molar-refractivity contribution in [3.8, 4) is 5.75 Å². The van der Waals surface area contributed by atoms with Crippen LogP contribution in [0.2, 0.25) is 0 Å².